The van der Waals surface area contributed by atoms with Crippen LogP contribution in [0.4, 0.5) is 8.78 Å². The largest absolute Gasteiger partial charge is 0.385 e. The van der Waals surface area contributed by atoms with Crippen LogP contribution in [-0.2, 0) is 4.74 Å². The molecule has 0 atom stereocenters. The topological polar surface area (TPSA) is 111 Å². The molecule has 0 aliphatic carbocycles. The fourth-order valence-electron chi connectivity index (χ4n) is 3.49. The molecule has 0 aliphatic heterocycles. The van der Waals surface area contributed by atoms with Crippen molar-refractivity contribution in [3.8, 4) is 0 Å². The molecule has 0 saturated heterocycles. The first-order valence-electron chi connectivity index (χ1n) is 9.78. The van der Waals surface area contributed by atoms with Crippen molar-refractivity contribution in [2.45, 2.75) is 0 Å². The molecule has 0 fully saturated rings. The number of benzene rings is 2. The summed E-state index contributed by atoms with van der Waals surface area (Å²) in [5, 5.41) is -0.917. The van der Waals surface area contributed by atoms with Gasteiger partial charge in [0, 0.05) is 26.5 Å². The molecule has 2 heterocycles. The van der Waals surface area contributed by atoms with E-state index in [4.69, 9.17) is 27.9 Å². The van der Waals surface area contributed by atoms with Crippen LogP contribution < -0.4 is 21.7 Å². The highest BCUT2D eigenvalue weighted by molar-refractivity contribution is 6.31. The molecule has 0 radical (unpaired) electrons. The Kier molecular flexibility index (Phi) is 6.22. The molecule has 0 saturated carbocycles. The van der Waals surface area contributed by atoms with Gasteiger partial charge in [-0.15, -0.1) is 0 Å². The van der Waals surface area contributed by atoms with Crippen molar-refractivity contribution in [1.82, 2.24) is 9.35 Å². The van der Waals surface area contributed by atoms with Crippen LogP contribution in [0.15, 0.2) is 46.2 Å². The smallest absolute Gasteiger partial charge is 0.351 e. The minimum atomic E-state index is -1.39. The SMILES string of the molecule is CNn1cc(C(=O)OC(=O)c2cn(NC)c3cc(Cl)c(F)cc3c2=O)c(=O)c2cc(F)c(Cl)cc21. The lowest BCUT2D eigenvalue weighted by molar-refractivity contribution is 0.0395. The summed E-state index contributed by atoms with van der Waals surface area (Å²) in [7, 11) is 2.92. The number of esters is 2. The number of hydrogen-bond donors (Lipinski definition) is 2. The third-order valence-corrected chi connectivity index (χ3v) is 5.78. The molecule has 0 spiro atoms. The van der Waals surface area contributed by atoms with Crippen LogP contribution in [0.2, 0.25) is 10.0 Å². The lowest BCUT2D eigenvalue weighted by atomic mass is 10.1. The summed E-state index contributed by atoms with van der Waals surface area (Å²) >= 11 is 11.6. The number of carbonyl (C=O) groups excluding carboxylic acids is 2. The number of nitrogens with zero attached hydrogens (tertiary/aromatic N) is 2. The zero-order valence-corrected chi connectivity index (χ0v) is 19.4. The number of nitrogens with one attached hydrogen (secondary N) is 2. The summed E-state index contributed by atoms with van der Waals surface area (Å²) in [5.41, 5.74) is 2.59. The zero-order chi connectivity index (χ0) is 25.6. The average molecular weight is 523 g/mol. The maximum Gasteiger partial charge on any atom is 0.351 e. The Hall–Kier alpha value is -3.96. The van der Waals surface area contributed by atoms with E-state index in [0.29, 0.717) is 0 Å². The van der Waals surface area contributed by atoms with Crippen molar-refractivity contribution in [2.75, 3.05) is 24.9 Å². The standard InChI is InChI=1S/C22H14Cl2F2N4O5/c1-27-29-7-11(19(31)9-3-15(25)13(23)5-17(9)29)21(33)35-22(34)12-8-30(28-2)18-6-14(24)16(26)4-10(18)20(12)32/h3-8,27-28H,1-2H3. The van der Waals surface area contributed by atoms with Crippen LogP contribution in [0.5, 0.6) is 0 Å². The van der Waals surface area contributed by atoms with E-state index in [1.807, 2.05) is 0 Å². The van der Waals surface area contributed by atoms with Crippen molar-refractivity contribution in [2.24, 2.45) is 0 Å². The van der Waals surface area contributed by atoms with Crippen molar-refractivity contribution in [1.29, 1.82) is 0 Å². The number of pyridine rings is 2. The molecule has 0 aliphatic rings. The Bertz CT molecular complexity index is 1560. The summed E-state index contributed by atoms with van der Waals surface area (Å²) in [6.45, 7) is 0. The number of carbonyl (C=O) groups is 2. The normalized spacial score (nSPS) is 11.0. The molecule has 0 amide bonds. The van der Waals surface area contributed by atoms with Gasteiger partial charge in [-0.1, -0.05) is 23.2 Å². The lowest BCUT2D eigenvalue weighted by Gasteiger charge is -2.14. The van der Waals surface area contributed by atoms with Gasteiger partial charge in [0.05, 0.1) is 31.9 Å². The Balaban J connectivity index is 1.79. The van der Waals surface area contributed by atoms with Crippen LogP contribution in [0.25, 0.3) is 21.8 Å². The first-order chi connectivity index (χ1) is 16.6. The highest BCUT2D eigenvalue weighted by Crippen LogP contribution is 2.23. The summed E-state index contributed by atoms with van der Waals surface area (Å²) in [4.78, 5) is 51.1. The van der Waals surface area contributed by atoms with Crippen LogP contribution in [-0.4, -0.2) is 35.4 Å². The van der Waals surface area contributed by atoms with Crippen LogP contribution >= 0.6 is 23.2 Å². The van der Waals surface area contributed by atoms with Gasteiger partial charge < -0.3 is 15.6 Å². The predicted octanol–water partition coefficient (Wildman–Crippen LogP) is 3.25. The van der Waals surface area contributed by atoms with Crippen molar-refractivity contribution >= 4 is 56.9 Å². The van der Waals surface area contributed by atoms with Crippen molar-refractivity contribution in [3.05, 3.63) is 89.9 Å². The molecule has 0 unspecified atom stereocenters. The van der Waals surface area contributed by atoms with E-state index in [-0.39, 0.29) is 31.9 Å². The Morgan fingerprint density at radius 1 is 0.771 bits per heavy atom. The van der Waals surface area contributed by atoms with E-state index in [1.54, 1.807) is 0 Å². The summed E-state index contributed by atoms with van der Waals surface area (Å²) < 4.78 is 35.2. The highest BCUT2D eigenvalue weighted by atomic mass is 35.5. The van der Waals surface area contributed by atoms with Gasteiger partial charge in [0.15, 0.2) is 0 Å². The van der Waals surface area contributed by atoms with E-state index in [1.165, 1.54) is 35.6 Å². The summed E-state index contributed by atoms with van der Waals surface area (Å²) in [5.74, 6) is -4.56. The second-order valence-electron chi connectivity index (χ2n) is 7.17. The first kappa shape index (κ1) is 24.2. The lowest BCUT2D eigenvalue weighted by Crippen LogP contribution is -2.28. The summed E-state index contributed by atoms with van der Waals surface area (Å²) in [6.07, 6.45) is 2.08. The minimum Gasteiger partial charge on any atom is -0.385 e. The van der Waals surface area contributed by atoms with Gasteiger partial charge in [-0.3, -0.25) is 18.9 Å². The van der Waals surface area contributed by atoms with Gasteiger partial charge in [-0.2, -0.15) is 0 Å². The fourth-order valence-corrected chi connectivity index (χ4v) is 3.81. The predicted molar refractivity (Wildman–Crippen MR) is 127 cm³/mol. The third-order valence-electron chi connectivity index (χ3n) is 5.20. The fraction of sp³-hybridized carbons (Fsp3) is 0.0909. The average Bonchev–Trinajstić information content (AvgIpc) is 2.82. The number of fused-ring (bicyclic) bond motifs is 2. The monoisotopic (exact) mass is 522 g/mol. The van der Waals surface area contributed by atoms with Gasteiger partial charge in [0.25, 0.3) is 0 Å². The number of hydrogen-bond acceptors (Lipinski definition) is 7. The van der Waals surface area contributed by atoms with Crippen molar-refractivity contribution < 1.29 is 23.1 Å². The number of ether oxygens (including phenoxy) is 1. The van der Waals surface area contributed by atoms with Gasteiger partial charge in [0.1, 0.15) is 22.8 Å². The number of rotatable bonds is 4. The third kappa shape index (κ3) is 4.08. The Morgan fingerprint density at radius 2 is 1.14 bits per heavy atom. The van der Waals surface area contributed by atoms with Crippen LogP contribution in [0.1, 0.15) is 20.7 Å². The second-order valence-corrected chi connectivity index (χ2v) is 7.99. The maximum absolute atomic E-state index is 14.0. The van der Waals surface area contributed by atoms with Crippen LogP contribution in [0.3, 0.4) is 0 Å². The van der Waals surface area contributed by atoms with Gasteiger partial charge >= 0.3 is 11.9 Å². The molecule has 2 N–H and O–H groups in total. The summed E-state index contributed by atoms with van der Waals surface area (Å²) in [6, 6.07) is 4.07. The molecular weight excluding hydrogens is 509 g/mol. The molecule has 9 nitrogen and oxygen atoms in total. The highest BCUT2D eigenvalue weighted by Gasteiger charge is 2.24. The molecule has 180 valence electrons. The van der Waals surface area contributed by atoms with E-state index >= 15 is 0 Å². The van der Waals surface area contributed by atoms with E-state index in [9.17, 15) is 28.0 Å². The molecular formula is C22H14Cl2F2N4O5. The molecule has 13 heteroatoms. The zero-order valence-electron chi connectivity index (χ0n) is 17.9. The molecule has 35 heavy (non-hydrogen) atoms. The molecule has 0 bridgehead atoms. The minimum absolute atomic E-state index is 0.166. The Labute approximate surface area is 204 Å². The van der Waals surface area contributed by atoms with E-state index < -0.39 is 45.6 Å². The molecule has 2 aromatic heterocycles. The Morgan fingerprint density at radius 3 is 1.49 bits per heavy atom. The maximum atomic E-state index is 14.0. The van der Waals surface area contributed by atoms with Gasteiger partial charge in [-0.05, 0) is 24.3 Å². The van der Waals surface area contributed by atoms with Crippen molar-refractivity contribution in [3.63, 3.8) is 0 Å². The molecule has 2 aromatic carbocycles. The number of halogens is 4. The molecule has 4 aromatic rings. The van der Waals surface area contributed by atoms with E-state index in [2.05, 4.69) is 10.9 Å². The van der Waals surface area contributed by atoms with Crippen LogP contribution in [0, 0.1) is 11.6 Å². The quantitative estimate of drug-likeness (QED) is 0.312. The number of aromatic nitrogens is 2. The first-order valence-corrected chi connectivity index (χ1v) is 10.5. The second kappa shape index (κ2) is 9.01. The van der Waals surface area contributed by atoms with Gasteiger partial charge in [-0.25, -0.2) is 18.4 Å². The van der Waals surface area contributed by atoms with E-state index in [0.717, 1.165) is 24.5 Å². The van der Waals surface area contributed by atoms with Gasteiger partial charge in [0.2, 0.25) is 10.9 Å². The molecule has 4 rings (SSSR count).